The van der Waals surface area contributed by atoms with Crippen molar-refractivity contribution in [2.24, 2.45) is 0 Å². The molecule has 3 aliphatic rings. The highest BCUT2D eigenvalue weighted by Gasteiger charge is 2.54. The average molecular weight is 1410 g/mol. The Labute approximate surface area is 598 Å². The summed E-state index contributed by atoms with van der Waals surface area (Å²) in [5, 5.41) is 121. The molecule has 3 rings (SSSR count). The van der Waals surface area contributed by atoms with Gasteiger partial charge in [-0.25, -0.2) is 0 Å². The van der Waals surface area contributed by atoms with E-state index in [0.29, 0.717) is 12.8 Å². The molecule has 19 nitrogen and oxygen atoms in total. The molecule has 0 bridgehead atoms. The second kappa shape index (κ2) is 60.7. The van der Waals surface area contributed by atoms with Crippen LogP contribution in [0.2, 0.25) is 0 Å². The summed E-state index contributed by atoms with van der Waals surface area (Å²) in [6.45, 7) is 1.73. The van der Waals surface area contributed by atoms with Crippen LogP contribution in [0.3, 0.4) is 0 Å². The number of allylic oxidation sites excluding steroid dienone is 10. The molecule has 12 N–H and O–H groups in total. The van der Waals surface area contributed by atoms with Crippen LogP contribution in [0.25, 0.3) is 0 Å². The first-order valence-electron chi connectivity index (χ1n) is 40.0. The molecule has 0 saturated carbocycles. The summed E-state index contributed by atoms with van der Waals surface area (Å²) in [6, 6.07) is -0.892. The number of aliphatic hydroxyl groups excluding tert-OH is 11. The number of rotatable bonds is 63. The molecule has 0 aromatic rings. The van der Waals surface area contributed by atoms with Crippen LogP contribution < -0.4 is 5.32 Å². The van der Waals surface area contributed by atoms with Crippen LogP contribution in [-0.2, 0) is 33.2 Å². The highest BCUT2D eigenvalue weighted by molar-refractivity contribution is 5.76. The number of carbonyl (C=O) groups is 1. The fraction of sp³-hybridized carbons (Fsp3) is 0.863. The van der Waals surface area contributed by atoms with Crippen molar-refractivity contribution in [3.63, 3.8) is 0 Å². The van der Waals surface area contributed by atoms with E-state index in [-0.39, 0.29) is 18.9 Å². The van der Waals surface area contributed by atoms with E-state index >= 15 is 0 Å². The minimum absolute atomic E-state index is 0.242. The van der Waals surface area contributed by atoms with E-state index in [0.717, 1.165) is 83.5 Å². The average Bonchev–Trinajstić information content (AvgIpc) is 0.785. The number of carbonyl (C=O) groups excluding carboxylic acids is 1. The number of nitrogens with one attached hydrogen (secondary N) is 1. The van der Waals surface area contributed by atoms with Crippen molar-refractivity contribution >= 4 is 5.91 Å². The van der Waals surface area contributed by atoms with Crippen LogP contribution in [0, 0.1) is 0 Å². The zero-order valence-electron chi connectivity index (χ0n) is 61.7. The number of ether oxygens (including phenoxy) is 6. The number of aliphatic hydroxyl groups is 11. The molecule has 0 radical (unpaired) electrons. The topological polar surface area (TPSA) is 307 Å². The second-order valence-corrected chi connectivity index (χ2v) is 28.5. The lowest BCUT2D eigenvalue weighted by Gasteiger charge is -2.48. The lowest BCUT2D eigenvalue weighted by molar-refractivity contribution is -0.379. The summed E-state index contributed by atoms with van der Waals surface area (Å²) in [5.74, 6) is -0.242. The molecule has 3 saturated heterocycles. The zero-order valence-corrected chi connectivity index (χ0v) is 61.7. The molecule has 19 heteroatoms. The van der Waals surface area contributed by atoms with E-state index in [9.17, 15) is 61.0 Å². The van der Waals surface area contributed by atoms with Crippen molar-refractivity contribution in [3.8, 4) is 0 Å². The van der Waals surface area contributed by atoms with Gasteiger partial charge in [-0.05, 0) is 57.8 Å². The summed E-state index contributed by atoms with van der Waals surface area (Å²) in [5.41, 5.74) is 0. The third-order valence-corrected chi connectivity index (χ3v) is 19.9. The van der Waals surface area contributed by atoms with Gasteiger partial charge in [0, 0.05) is 6.42 Å². The molecule has 3 heterocycles. The van der Waals surface area contributed by atoms with Crippen molar-refractivity contribution < 1.29 is 89.4 Å². The van der Waals surface area contributed by atoms with E-state index in [1.54, 1.807) is 0 Å². The monoisotopic (exact) mass is 1410 g/mol. The highest BCUT2D eigenvalue weighted by Crippen LogP contribution is 2.33. The van der Waals surface area contributed by atoms with Crippen LogP contribution in [0.5, 0.6) is 0 Å². The van der Waals surface area contributed by atoms with Gasteiger partial charge in [0.2, 0.25) is 5.91 Å². The largest absolute Gasteiger partial charge is 0.394 e. The summed E-state index contributed by atoms with van der Waals surface area (Å²) >= 11 is 0. The molecule has 0 aromatic heterocycles. The third kappa shape index (κ3) is 41.1. The van der Waals surface area contributed by atoms with E-state index in [2.05, 4.69) is 79.9 Å². The Morgan fingerprint density at radius 1 is 0.374 bits per heavy atom. The molecule has 0 spiro atoms. The maximum atomic E-state index is 13.5. The molecule has 17 unspecified atom stereocenters. The summed E-state index contributed by atoms with van der Waals surface area (Å²) in [4.78, 5) is 13.5. The van der Waals surface area contributed by atoms with Gasteiger partial charge in [-0.1, -0.05) is 306 Å². The van der Waals surface area contributed by atoms with Crippen LogP contribution in [-0.4, -0.2) is 193 Å². The standard InChI is InChI=1S/C80H145NO18/c1-3-5-7-9-11-13-15-17-19-21-23-25-27-29-30-31-32-34-36-38-40-42-44-46-48-50-52-54-56-58-68(86)81-63(64(85)57-55-53-51-49-47-45-43-41-39-37-35-33-28-26-24-22-20-18-16-14-12-10-8-6-4-2)62-94-78-74(92)71(89)76(66(60-83)96-78)99-80-75(93)72(90)77(67(61-84)97-80)98-79-73(91)70(88)69(87)65(59-82)95-79/h5,7,11,13,17,19,23,25,29-30,63-67,69-80,82-85,87-93H,3-4,6,8-10,12,14-16,18,20-22,24,26-28,31-62H2,1-2H3,(H,81,86)/b7-5-,13-11-,19-17-,25-23-,30-29-. The maximum Gasteiger partial charge on any atom is 0.220 e. The predicted octanol–water partition coefficient (Wildman–Crippen LogP) is 13.1. The third-order valence-electron chi connectivity index (χ3n) is 19.9. The van der Waals surface area contributed by atoms with Crippen molar-refractivity contribution in [3.05, 3.63) is 60.8 Å². The van der Waals surface area contributed by atoms with Crippen molar-refractivity contribution in [2.45, 2.75) is 413 Å². The Kier molecular flexibility index (Phi) is 55.6. The lowest BCUT2D eigenvalue weighted by Crippen LogP contribution is -2.66. The lowest BCUT2D eigenvalue weighted by atomic mass is 9.96. The van der Waals surface area contributed by atoms with Crippen molar-refractivity contribution in [1.29, 1.82) is 0 Å². The Morgan fingerprint density at radius 2 is 0.697 bits per heavy atom. The number of amides is 1. The Balaban J connectivity index is 1.37. The molecular formula is C80H145NO18. The molecule has 0 aromatic carbocycles. The van der Waals surface area contributed by atoms with Crippen LogP contribution in [0.1, 0.15) is 309 Å². The quantitative estimate of drug-likeness (QED) is 0.0199. The first kappa shape index (κ1) is 90.7. The summed E-state index contributed by atoms with van der Waals surface area (Å²) in [6.07, 6.45) is 50.1. The highest BCUT2D eigenvalue weighted by atomic mass is 16.8. The van der Waals surface area contributed by atoms with Gasteiger partial charge in [0.25, 0.3) is 0 Å². The fourth-order valence-corrected chi connectivity index (χ4v) is 13.5. The molecule has 578 valence electrons. The molecule has 1 amide bonds. The molecular weight excluding hydrogens is 1260 g/mol. The first-order valence-corrected chi connectivity index (χ1v) is 40.0. The Hall–Kier alpha value is -2.51. The SMILES string of the molecule is CC/C=C\C/C=C\C/C=C\C/C=C\C/C=C\CCCCCCCCCCCCCCCC(=O)NC(COC1OC(CO)C(OC2OC(CO)C(OC3OC(CO)C(O)C(O)C3O)C(O)C2O)C(O)C1O)C(O)CCCCCCCCCCCCCCCCCCCCCCCCCCC. The van der Waals surface area contributed by atoms with E-state index in [1.807, 2.05) is 0 Å². The van der Waals surface area contributed by atoms with Crippen molar-refractivity contribution in [1.82, 2.24) is 5.32 Å². The molecule has 0 aliphatic carbocycles. The minimum Gasteiger partial charge on any atom is -0.394 e. The maximum absolute atomic E-state index is 13.5. The van der Waals surface area contributed by atoms with Gasteiger partial charge in [0.05, 0.1) is 38.6 Å². The first-order chi connectivity index (χ1) is 48.3. The molecule has 17 atom stereocenters. The van der Waals surface area contributed by atoms with Gasteiger partial charge >= 0.3 is 0 Å². The van der Waals surface area contributed by atoms with E-state index in [4.69, 9.17) is 28.4 Å². The van der Waals surface area contributed by atoms with Crippen molar-refractivity contribution in [2.75, 3.05) is 26.4 Å². The normalized spacial score (nSPS) is 26.9. The van der Waals surface area contributed by atoms with Crippen LogP contribution in [0.15, 0.2) is 60.8 Å². The number of hydrogen-bond acceptors (Lipinski definition) is 18. The predicted molar refractivity (Wildman–Crippen MR) is 392 cm³/mol. The Bertz CT molecular complexity index is 2020. The summed E-state index contributed by atoms with van der Waals surface area (Å²) in [7, 11) is 0. The smallest absolute Gasteiger partial charge is 0.220 e. The van der Waals surface area contributed by atoms with Gasteiger partial charge in [-0.2, -0.15) is 0 Å². The molecule has 99 heavy (non-hydrogen) atoms. The van der Waals surface area contributed by atoms with E-state index in [1.165, 1.54) is 193 Å². The van der Waals surface area contributed by atoms with Gasteiger partial charge in [-0.3, -0.25) is 4.79 Å². The Morgan fingerprint density at radius 3 is 1.09 bits per heavy atom. The molecule has 3 fully saturated rings. The second-order valence-electron chi connectivity index (χ2n) is 28.5. The van der Waals surface area contributed by atoms with Gasteiger partial charge in [0.15, 0.2) is 18.9 Å². The number of unbranched alkanes of at least 4 members (excludes halogenated alkanes) is 37. The van der Waals surface area contributed by atoms with Crippen LogP contribution in [0.4, 0.5) is 0 Å². The number of hydrogen-bond donors (Lipinski definition) is 12. The van der Waals surface area contributed by atoms with Crippen LogP contribution >= 0.6 is 0 Å². The fourth-order valence-electron chi connectivity index (χ4n) is 13.5. The molecule has 3 aliphatic heterocycles. The van der Waals surface area contributed by atoms with Gasteiger partial charge in [0.1, 0.15) is 73.2 Å². The van der Waals surface area contributed by atoms with Gasteiger partial charge in [-0.15, -0.1) is 0 Å². The zero-order chi connectivity index (χ0) is 71.8. The summed E-state index contributed by atoms with van der Waals surface area (Å²) < 4.78 is 34.5. The van der Waals surface area contributed by atoms with Gasteiger partial charge < -0.3 is 89.9 Å². The minimum atomic E-state index is -1.97. The van der Waals surface area contributed by atoms with E-state index < -0.39 is 124 Å².